The summed E-state index contributed by atoms with van der Waals surface area (Å²) in [4.78, 5) is 6.70. The lowest BCUT2D eigenvalue weighted by Gasteiger charge is -2.29. The number of methoxy groups -OCH3 is 1. The highest BCUT2D eigenvalue weighted by molar-refractivity contribution is 5.74. The Bertz CT molecular complexity index is 468. The average Bonchev–Trinajstić information content (AvgIpc) is 2.82. The third-order valence-electron chi connectivity index (χ3n) is 3.33. The average molecular weight is 232 g/mol. The highest BCUT2D eigenvalue weighted by Gasteiger charge is 2.22. The fourth-order valence-electron chi connectivity index (χ4n) is 2.28. The van der Waals surface area contributed by atoms with Crippen molar-refractivity contribution in [3.63, 3.8) is 0 Å². The molecule has 0 aliphatic carbocycles. The number of nitrogens with zero attached hydrogens (tertiary/aromatic N) is 2. The maximum atomic E-state index is 5.75. The predicted octanol–water partition coefficient (Wildman–Crippen LogP) is 2.44. The zero-order chi connectivity index (χ0) is 11.7. The van der Waals surface area contributed by atoms with E-state index in [1.165, 1.54) is 0 Å². The van der Waals surface area contributed by atoms with Crippen molar-refractivity contribution in [1.82, 2.24) is 4.98 Å². The van der Waals surface area contributed by atoms with E-state index in [-0.39, 0.29) is 0 Å². The van der Waals surface area contributed by atoms with Crippen LogP contribution in [0.25, 0.3) is 11.1 Å². The topological polar surface area (TPSA) is 38.5 Å². The summed E-state index contributed by atoms with van der Waals surface area (Å²) in [6.07, 6.45) is 2.46. The minimum Gasteiger partial charge on any atom is -0.423 e. The second-order valence-corrected chi connectivity index (χ2v) is 4.39. The van der Waals surface area contributed by atoms with Crippen molar-refractivity contribution in [2.45, 2.75) is 18.9 Å². The van der Waals surface area contributed by atoms with E-state index < -0.39 is 0 Å². The van der Waals surface area contributed by atoms with Gasteiger partial charge in [0.25, 0.3) is 6.01 Å². The number of ether oxygens (including phenoxy) is 1. The summed E-state index contributed by atoms with van der Waals surface area (Å²) in [6.45, 7) is 1.90. The number of anilines is 1. The summed E-state index contributed by atoms with van der Waals surface area (Å²) >= 11 is 0. The number of hydrogen-bond donors (Lipinski definition) is 0. The number of benzene rings is 1. The van der Waals surface area contributed by atoms with Gasteiger partial charge in [0, 0.05) is 20.2 Å². The maximum Gasteiger partial charge on any atom is 0.298 e. The minimum absolute atomic E-state index is 0.385. The second-order valence-electron chi connectivity index (χ2n) is 4.39. The quantitative estimate of drug-likeness (QED) is 0.797. The smallest absolute Gasteiger partial charge is 0.298 e. The Morgan fingerprint density at radius 1 is 1.29 bits per heavy atom. The van der Waals surface area contributed by atoms with E-state index in [1.54, 1.807) is 7.11 Å². The van der Waals surface area contributed by atoms with E-state index in [1.807, 2.05) is 24.3 Å². The van der Waals surface area contributed by atoms with Gasteiger partial charge in [0.1, 0.15) is 5.52 Å². The van der Waals surface area contributed by atoms with E-state index in [0.29, 0.717) is 6.10 Å². The molecule has 0 saturated carbocycles. The van der Waals surface area contributed by atoms with Crippen LogP contribution in [0.4, 0.5) is 6.01 Å². The Kier molecular flexibility index (Phi) is 2.73. The van der Waals surface area contributed by atoms with Gasteiger partial charge in [0.15, 0.2) is 5.58 Å². The summed E-state index contributed by atoms with van der Waals surface area (Å²) in [5, 5.41) is 0. The van der Waals surface area contributed by atoms with Crippen LogP contribution in [0.2, 0.25) is 0 Å². The van der Waals surface area contributed by atoms with Crippen LogP contribution in [-0.4, -0.2) is 31.3 Å². The molecule has 4 heteroatoms. The Balaban J connectivity index is 1.80. The summed E-state index contributed by atoms with van der Waals surface area (Å²) < 4.78 is 11.1. The molecule has 4 nitrogen and oxygen atoms in total. The molecule has 0 radical (unpaired) electrons. The van der Waals surface area contributed by atoms with Crippen LogP contribution in [0.1, 0.15) is 12.8 Å². The van der Waals surface area contributed by atoms with Crippen molar-refractivity contribution in [3.05, 3.63) is 24.3 Å². The minimum atomic E-state index is 0.385. The number of para-hydroxylation sites is 2. The Hall–Kier alpha value is -1.55. The number of fused-ring (bicyclic) bond motifs is 1. The van der Waals surface area contributed by atoms with Gasteiger partial charge in [-0.25, -0.2) is 0 Å². The number of aromatic nitrogens is 1. The van der Waals surface area contributed by atoms with Crippen LogP contribution in [0.3, 0.4) is 0 Å². The molecule has 1 aliphatic rings. The lowest BCUT2D eigenvalue weighted by molar-refractivity contribution is 0.0811. The van der Waals surface area contributed by atoms with Crippen molar-refractivity contribution >= 4 is 17.1 Å². The zero-order valence-corrected chi connectivity index (χ0v) is 9.93. The molecule has 0 bridgehead atoms. The van der Waals surface area contributed by atoms with Crippen molar-refractivity contribution in [2.75, 3.05) is 25.1 Å². The lowest BCUT2D eigenvalue weighted by atomic mass is 10.1. The molecule has 0 spiro atoms. The van der Waals surface area contributed by atoms with E-state index in [2.05, 4.69) is 9.88 Å². The maximum absolute atomic E-state index is 5.75. The van der Waals surface area contributed by atoms with Crippen molar-refractivity contribution in [1.29, 1.82) is 0 Å². The molecule has 1 fully saturated rings. The van der Waals surface area contributed by atoms with Crippen LogP contribution in [0.15, 0.2) is 28.7 Å². The van der Waals surface area contributed by atoms with Crippen LogP contribution in [0, 0.1) is 0 Å². The molecule has 1 aromatic heterocycles. The molecule has 17 heavy (non-hydrogen) atoms. The molecule has 2 aromatic rings. The zero-order valence-electron chi connectivity index (χ0n) is 9.93. The van der Waals surface area contributed by atoms with Crippen LogP contribution in [0.5, 0.6) is 0 Å². The molecule has 1 aromatic carbocycles. The van der Waals surface area contributed by atoms with Gasteiger partial charge in [-0.1, -0.05) is 12.1 Å². The van der Waals surface area contributed by atoms with Gasteiger partial charge >= 0.3 is 0 Å². The molecule has 90 valence electrons. The van der Waals surface area contributed by atoms with Crippen LogP contribution in [-0.2, 0) is 4.74 Å². The molecule has 0 atom stereocenters. The van der Waals surface area contributed by atoms with Crippen molar-refractivity contribution in [2.24, 2.45) is 0 Å². The van der Waals surface area contributed by atoms with E-state index >= 15 is 0 Å². The van der Waals surface area contributed by atoms with Gasteiger partial charge in [-0.2, -0.15) is 4.98 Å². The van der Waals surface area contributed by atoms with E-state index in [0.717, 1.165) is 43.0 Å². The molecule has 3 rings (SSSR count). The standard InChI is InChI=1S/C13H16N2O2/c1-16-10-6-8-15(9-7-10)13-14-11-4-2-3-5-12(11)17-13/h2-5,10H,6-9H2,1H3. The highest BCUT2D eigenvalue weighted by Crippen LogP contribution is 2.24. The first-order valence-corrected chi connectivity index (χ1v) is 6.00. The van der Waals surface area contributed by atoms with Gasteiger partial charge in [-0.15, -0.1) is 0 Å². The van der Waals surface area contributed by atoms with E-state index in [9.17, 15) is 0 Å². The first-order chi connectivity index (χ1) is 8.36. The van der Waals surface area contributed by atoms with Gasteiger partial charge in [0.2, 0.25) is 0 Å². The summed E-state index contributed by atoms with van der Waals surface area (Å²) in [7, 11) is 1.78. The Morgan fingerprint density at radius 3 is 2.76 bits per heavy atom. The molecule has 0 amide bonds. The highest BCUT2D eigenvalue weighted by atomic mass is 16.5. The lowest BCUT2D eigenvalue weighted by Crippen LogP contribution is -2.36. The Morgan fingerprint density at radius 2 is 2.06 bits per heavy atom. The number of hydrogen-bond acceptors (Lipinski definition) is 4. The van der Waals surface area contributed by atoms with Gasteiger partial charge < -0.3 is 14.1 Å². The predicted molar refractivity (Wildman–Crippen MR) is 66.3 cm³/mol. The van der Waals surface area contributed by atoms with Crippen LogP contribution >= 0.6 is 0 Å². The third-order valence-corrected chi connectivity index (χ3v) is 3.33. The van der Waals surface area contributed by atoms with Crippen molar-refractivity contribution < 1.29 is 9.15 Å². The fourth-order valence-corrected chi connectivity index (χ4v) is 2.28. The first kappa shape index (κ1) is 10.6. The van der Waals surface area contributed by atoms with Gasteiger partial charge in [-0.3, -0.25) is 0 Å². The van der Waals surface area contributed by atoms with Gasteiger partial charge in [-0.05, 0) is 25.0 Å². The fraction of sp³-hybridized carbons (Fsp3) is 0.462. The Labute approximate surface area is 100 Å². The molecule has 2 heterocycles. The number of oxazole rings is 1. The normalized spacial score (nSPS) is 17.8. The molecule has 0 unspecified atom stereocenters. The van der Waals surface area contributed by atoms with Crippen LogP contribution < -0.4 is 4.90 Å². The summed E-state index contributed by atoms with van der Waals surface area (Å²) in [5.41, 5.74) is 1.78. The van der Waals surface area contributed by atoms with Crippen molar-refractivity contribution in [3.8, 4) is 0 Å². The number of piperidine rings is 1. The summed E-state index contributed by atoms with van der Waals surface area (Å²) in [5.74, 6) is 0. The summed E-state index contributed by atoms with van der Waals surface area (Å²) in [6, 6.07) is 8.61. The third kappa shape index (κ3) is 2.00. The monoisotopic (exact) mass is 232 g/mol. The largest absolute Gasteiger partial charge is 0.423 e. The van der Waals surface area contributed by atoms with Gasteiger partial charge in [0.05, 0.1) is 6.10 Å². The molecular weight excluding hydrogens is 216 g/mol. The first-order valence-electron chi connectivity index (χ1n) is 6.00. The van der Waals surface area contributed by atoms with E-state index in [4.69, 9.17) is 9.15 Å². The molecule has 0 N–H and O–H groups in total. The molecule has 1 saturated heterocycles. The molecule has 1 aliphatic heterocycles. The molecular formula is C13H16N2O2. The number of rotatable bonds is 2. The SMILES string of the molecule is COC1CCN(c2nc3ccccc3o2)CC1. The second kappa shape index (κ2) is 4.37.